The molecule has 0 saturated heterocycles. The smallest absolute Gasteiger partial charge is 0.241 e. The Labute approximate surface area is 157 Å². The highest BCUT2D eigenvalue weighted by Gasteiger charge is 2.08. The summed E-state index contributed by atoms with van der Waals surface area (Å²) in [5, 5.41) is 0. The Kier molecular flexibility index (Phi) is 5.16. The van der Waals surface area contributed by atoms with E-state index in [9.17, 15) is 0 Å². The van der Waals surface area contributed by atoms with Crippen LogP contribution in [0.3, 0.4) is 0 Å². The van der Waals surface area contributed by atoms with E-state index in [-0.39, 0.29) is 0 Å². The zero-order valence-electron chi connectivity index (χ0n) is 13.1. The third-order valence-electron chi connectivity index (χ3n) is 3.19. The molecule has 3 aromatic rings. The number of ether oxygens (including phenoxy) is 2. The van der Waals surface area contributed by atoms with Crippen LogP contribution in [0.1, 0.15) is 11.1 Å². The highest BCUT2D eigenvalue weighted by atomic mass is 79.9. The minimum absolute atomic E-state index is 0.361. The molecular formula is C18H14Br2N2O2. The van der Waals surface area contributed by atoms with Gasteiger partial charge in [0.2, 0.25) is 11.8 Å². The van der Waals surface area contributed by atoms with E-state index in [0.717, 1.165) is 20.1 Å². The van der Waals surface area contributed by atoms with E-state index in [1.54, 1.807) is 12.4 Å². The van der Waals surface area contributed by atoms with Crippen LogP contribution in [0, 0.1) is 13.8 Å². The summed E-state index contributed by atoms with van der Waals surface area (Å²) in [6.07, 6.45) is 3.09. The maximum atomic E-state index is 5.78. The van der Waals surface area contributed by atoms with Crippen LogP contribution in [0.5, 0.6) is 23.3 Å². The molecule has 24 heavy (non-hydrogen) atoms. The van der Waals surface area contributed by atoms with Crippen LogP contribution in [-0.2, 0) is 0 Å². The summed E-state index contributed by atoms with van der Waals surface area (Å²) in [4.78, 5) is 8.47. The lowest BCUT2D eigenvalue weighted by Crippen LogP contribution is -1.94. The first-order valence-electron chi connectivity index (χ1n) is 7.21. The summed E-state index contributed by atoms with van der Waals surface area (Å²) in [6, 6.07) is 11.7. The molecule has 4 nitrogen and oxygen atoms in total. The Morgan fingerprint density at radius 3 is 1.62 bits per heavy atom. The van der Waals surface area contributed by atoms with Crippen LogP contribution in [0.15, 0.2) is 57.7 Å². The summed E-state index contributed by atoms with van der Waals surface area (Å²) in [7, 11) is 0. The Morgan fingerprint density at radius 2 is 1.21 bits per heavy atom. The fourth-order valence-corrected chi connectivity index (χ4v) is 3.18. The molecule has 0 unspecified atom stereocenters. The van der Waals surface area contributed by atoms with E-state index >= 15 is 0 Å². The average molecular weight is 450 g/mol. The first-order chi connectivity index (χ1) is 11.5. The van der Waals surface area contributed by atoms with Gasteiger partial charge < -0.3 is 9.47 Å². The third-order valence-corrected chi connectivity index (χ3v) is 4.43. The van der Waals surface area contributed by atoms with Gasteiger partial charge in [-0.1, -0.05) is 12.1 Å². The van der Waals surface area contributed by atoms with Crippen molar-refractivity contribution in [3.05, 3.63) is 68.9 Å². The molecule has 0 amide bonds. The first kappa shape index (κ1) is 16.9. The molecule has 122 valence electrons. The SMILES string of the molecule is Cc1ccc(Oc2cncc(Oc3ccc(C)cc3Br)n2)c(Br)c1. The van der Waals surface area contributed by atoms with Crippen LogP contribution < -0.4 is 9.47 Å². The summed E-state index contributed by atoms with van der Waals surface area (Å²) < 4.78 is 13.3. The Balaban J connectivity index is 1.81. The molecule has 6 heteroatoms. The van der Waals surface area contributed by atoms with Crippen LogP contribution in [0.4, 0.5) is 0 Å². The van der Waals surface area contributed by atoms with Gasteiger partial charge >= 0.3 is 0 Å². The van der Waals surface area contributed by atoms with Crippen molar-refractivity contribution in [2.24, 2.45) is 0 Å². The second-order valence-corrected chi connectivity index (χ2v) is 6.98. The quantitative estimate of drug-likeness (QED) is 0.475. The van der Waals surface area contributed by atoms with E-state index in [1.165, 1.54) is 0 Å². The summed E-state index contributed by atoms with van der Waals surface area (Å²) >= 11 is 6.97. The van der Waals surface area contributed by atoms with Gasteiger partial charge in [0, 0.05) is 0 Å². The van der Waals surface area contributed by atoms with E-state index in [0.29, 0.717) is 23.3 Å². The summed E-state index contributed by atoms with van der Waals surface area (Å²) in [5.41, 5.74) is 2.28. The van der Waals surface area contributed by atoms with Crippen molar-refractivity contribution in [1.29, 1.82) is 0 Å². The number of hydrogen-bond acceptors (Lipinski definition) is 4. The van der Waals surface area contributed by atoms with E-state index in [1.807, 2.05) is 50.2 Å². The minimum Gasteiger partial charge on any atom is -0.436 e. The summed E-state index contributed by atoms with van der Waals surface area (Å²) in [5.74, 6) is 2.06. The van der Waals surface area contributed by atoms with Gasteiger partial charge in [-0.15, -0.1) is 0 Å². The minimum atomic E-state index is 0.361. The standard InChI is InChI=1S/C18H14Br2N2O2/c1-11-3-5-15(13(19)7-11)23-17-9-21-10-18(22-17)24-16-6-4-12(2)8-14(16)20/h3-10H,1-2H3. The van der Waals surface area contributed by atoms with Gasteiger partial charge in [-0.05, 0) is 81.1 Å². The fourth-order valence-electron chi connectivity index (χ4n) is 2.03. The van der Waals surface area contributed by atoms with Gasteiger partial charge in [0.1, 0.15) is 11.5 Å². The molecule has 0 atom stereocenters. The van der Waals surface area contributed by atoms with Gasteiger partial charge in [0.15, 0.2) is 0 Å². The number of halogens is 2. The molecule has 3 rings (SSSR count). The van der Waals surface area contributed by atoms with Crippen molar-refractivity contribution in [2.45, 2.75) is 13.8 Å². The second kappa shape index (κ2) is 7.32. The van der Waals surface area contributed by atoms with E-state index in [4.69, 9.17) is 9.47 Å². The van der Waals surface area contributed by atoms with E-state index < -0.39 is 0 Å². The number of rotatable bonds is 4. The molecule has 0 aliphatic heterocycles. The number of nitrogens with zero attached hydrogens (tertiary/aromatic N) is 2. The van der Waals surface area contributed by atoms with Crippen molar-refractivity contribution in [1.82, 2.24) is 9.97 Å². The second-order valence-electron chi connectivity index (χ2n) is 5.27. The lowest BCUT2D eigenvalue weighted by atomic mass is 10.2. The molecule has 0 N–H and O–H groups in total. The van der Waals surface area contributed by atoms with Crippen molar-refractivity contribution < 1.29 is 9.47 Å². The topological polar surface area (TPSA) is 44.2 Å². The zero-order valence-corrected chi connectivity index (χ0v) is 16.3. The molecule has 0 spiro atoms. The lowest BCUT2D eigenvalue weighted by molar-refractivity contribution is 0.419. The molecule has 0 bridgehead atoms. The number of aryl methyl sites for hydroxylation is 2. The normalized spacial score (nSPS) is 10.5. The van der Waals surface area contributed by atoms with Crippen LogP contribution in [0.2, 0.25) is 0 Å². The van der Waals surface area contributed by atoms with Crippen LogP contribution in [0.25, 0.3) is 0 Å². The van der Waals surface area contributed by atoms with Crippen molar-refractivity contribution in [3.8, 4) is 23.3 Å². The largest absolute Gasteiger partial charge is 0.436 e. The van der Waals surface area contributed by atoms with Crippen molar-refractivity contribution >= 4 is 31.9 Å². The molecule has 0 radical (unpaired) electrons. The van der Waals surface area contributed by atoms with Crippen LogP contribution >= 0.6 is 31.9 Å². The van der Waals surface area contributed by atoms with Gasteiger partial charge in [0.25, 0.3) is 0 Å². The fraction of sp³-hybridized carbons (Fsp3) is 0.111. The molecular weight excluding hydrogens is 436 g/mol. The Bertz CT molecular complexity index is 816. The van der Waals surface area contributed by atoms with Crippen LogP contribution in [-0.4, -0.2) is 9.97 Å². The van der Waals surface area contributed by atoms with Gasteiger partial charge in [-0.3, -0.25) is 4.98 Å². The number of hydrogen-bond donors (Lipinski definition) is 0. The number of aromatic nitrogens is 2. The molecule has 0 aliphatic carbocycles. The molecule has 0 saturated carbocycles. The Morgan fingerprint density at radius 1 is 0.750 bits per heavy atom. The molecule has 0 fully saturated rings. The molecule has 2 aromatic carbocycles. The average Bonchev–Trinajstić information content (AvgIpc) is 2.53. The maximum Gasteiger partial charge on any atom is 0.241 e. The molecule has 1 heterocycles. The van der Waals surface area contributed by atoms with Crippen molar-refractivity contribution in [3.63, 3.8) is 0 Å². The highest BCUT2D eigenvalue weighted by Crippen LogP contribution is 2.32. The summed E-state index contributed by atoms with van der Waals surface area (Å²) in [6.45, 7) is 4.03. The number of benzene rings is 2. The zero-order chi connectivity index (χ0) is 17.1. The van der Waals surface area contributed by atoms with E-state index in [2.05, 4.69) is 41.8 Å². The monoisotopic (exact) mass is 448 g/mol. The van der Waals surface area contributed by atoms with Gasteiger partial charge in [0.05, 0.1) is 21.3 Å². The predicted molar refractivity (Wildman–Crippen MR) is 99.9 cm³/mol. The predicted octanol–water partition coefficient (Wildman–Crippen LogP) is 6.20. The molecule has 1 aromatic heterocycles. The Hall–Kier alpha value is -1.92. The van der Waals surface area contributed by atoms with Crippen molar-refractivity contribution in [2.75, 3.05) is 0 Å². The first-order valence-corrected chi connectivity index (χ1v) is 8.80. The molecule has 0 aliphatic rings. The maximum absolute atomic E-state index is 5.78. The van der Waals surface area contributed by atoms with Gasteiger partial charge in [-0.2, -0.15) is 4.98 Å². The lowest BCUT2D eigenvalue weighted by Gasteiger charge is -2.10. The highest BCUT2D eigenvalue weighted by molar-refractivity contribution is 9.10. The van der Waals surface area contributed by atoms with Gasteiger partial charge in [-0.25, -0.2) is 0 Å². The third kappa shape index (κ3) is 4.13.